The number of rotatable bonds is 3. The summed E-state index contributed by atoms with van der Waals surface area (Å²) in [6.45, 7) is 4.38. The molecule has 0 spiro atoms. The van der Waals surface area contributed by atoms with Gasteiger partial charge in [-0.2, -0.15) is 0 Å². The Labute approximate surface area is 92.4 Å². The molecule has 0 saturated heterocycles. The van der Waals surface area contributed by atoms with Gasteiger partial charge in [-0.1, -0.05) is 44.1 Å². The summed E-state index contributed by atoms with van der Waals surface area (Å²) in [5.74, 6) is 1.39. The first-order valence-corrected chi connectivity index (χ1v) is 6.28. The Morgan fingerprint density at radius 1 is 1.31 bits per heavy atom. The maximum atomic E-state index is 9.80. The molecule has 1 aliphatic carbocycles. The molecule has 1 rings (SSSR count). The van der Waals surface area contributed by atoms with Gasteiger partial charge in [0.1, 0.15) is 0 Å². The van der Waals surface area contributed by atoms with E-state index in [9.17, 15) is 5.25 Å². The molecule has 0 heterocycles. The van der Waals surface area contributed by atoms with Gasteiger partial charge in [0.2, 0.25) is 0 Å². The van der Waals surface area contributed by atoms with Crippen LogP contribution >= 0.6 is 0 Å². The van der Waals surface area contributed by atoms with Crippen molar-refractivity contribution < 1.29 is 29.7 Å². The van der Waals surface area contributed by atoms with Crippen LogP contribution in [0.5, 0.6) is 0 Å². The summed E-state index contributed by atoms with van der Waals surface area (Å²) in [4.78, 5) is 0. The monoisotopic (exact) mass is 263 g/mol. The minimum absolute atomic E-state index is 1.25. The van der Waals surface area contributed by atoms with Gasteiger partial charge in [-0.3, -0.25) is 0 Å². The Morgan fingerprint density at radius 2 is 1.92 bits per heavy atom. The summed E-state index contributed by atoms with van der Waals surface area (Å²) in [5.41, 5.74) is 1.50. The molecule has 0 bridgehead atoms. The molecule has 0 N–H and O–H groups in total. The van der Waals surface area contributed by atoms with Crippen LogP contribution in [0, 0.1) is 5.92 Å². The van der Waals surface area contributed by atoms with Crippen molar-refractivity contribution >= 4 is 0 Å². The fourth-order valence-corrected chi connectivity index (χ4v) is 1.16. The van der Waals surface area contributed by atoms with E-state index in [1.54, 1.807) is 0 Å². The molecular formula is C10H15F2Zr. The average molecular weight is 264 g/mol. The molecule has 0 aromatic carbocycles. The quantitative estimate of drug-likeness (QED) is 0.720. The topological polar surface area (TPSA) is 0 Å². The van der Waals surface area contributed by atoms with Crippen LogP contribution in [-0.4, -0.2) is 0 Å². The molecule has 13 heavy (non-hydrogen) atoms. The molecule has 1 aliphatic rings. The van der Waals surface area contributed by atoms with Crippen LogP contribution in [0.3, 0.4) is 0 Å². The Bertz CT molecular complexity index is 176. The van der Waals surface area contributed by atoms with Crippen molar-refractivity contribution in [2.45, 2.75) is 33.1 Å². The van der Waals surface area contributed by atoms with Gasteiger partial charge in [-0.05, 0) is 12.8 Å². The van der Waals surface area contributed by atoms with E-state index in [1.807, 2.05) is 0 Å². The fourth-order valence-electron chi connectivity index (χ4n) is 1.16. The fraction of sp³-hybridized carbons (Fsp3) is 0.500. The van der Waals surface area contributed by atoms with Crippen molar-refractivity contribution in [1.82, 2.24) is 0 Å². The predicted octanol–water partition coefficient (Wildman–Crippen LogP) is 4.11. The second kappa shape index (κ2) is 8.81. The molecule has 3 heteroatoms. The molecule has 0 aliphatic heterocycles. The zero-order valence-electron chi connectivity index (χ0n) is 8.11. The molecule has 1 radical (unpaired) electrons. The van der Waals surface area contributed by atoms with Crippen molar-refractivity contribution in [3.05, 3.63) is 29.7 Å². The van der Waals surface area contributed by atoms with Gasteiger partial charge in [0.15, 0.2) is 0 Å². The summed E-state index contributed by atoms with van der Waals surface area (Å²) in [5, 5.41) is 0. The van der Waals surface area contributed by atoms with Gasteiger partial charge in [-0.15, -0.1) is 0 Å². The molecule has 0 fully saturated rings. The number of hydrogen-bond acceptors (Lipinski definition) is 0. The first-order valence-electron chi connectivity index (χ1n) is 4.43. The molecular weight excluding hydrogens is 249 g/mol. The summed E-state index contributed by atoms with van der Waals surface area (Å²) in [6.07, 6.45) is 10.6. The number of hydrogen-bond donors (Lipinski definition) is 0. The third-order valence-corrected chi connectivity index (χ3v) is 1.79. The van der Waals surface area contributed by atoms with Crippen LogP contribution in [0.15, 0.2) is 23.8 Å². The normalized spacial score (nSPS) is 14.9. The molecule has 0 nitrogen and oxygen atoms in total. The molecule has 73 valence electrons. The Kier molecular flexibility index (Phi) is 8.96. The standard InChI is InChI=1S/C10H15.2FH.Zr/c1-3-4-5-10-7-6-9(2)8-10;;;/h6-8H,3-5H2,1-2H3;2*1H;/q;;;+2/p-2. The van der Waals surface area contributed by atoms with Crippen LogP contribution in [0.1, 0.15) is 33.1 Å². The summed E-state index contributed by atoms with van der Waals surface area (Å²) >= 11 is -2.77. The van der Waals surface area contributed by atoms with Crippen molar-refractivity contribution in [2.75, 3.05) is 0 Å². The Morgan fingerprint density at radius 3 is 2.31 bits per heavy atom. The minimum atomic E-state index is -2.77. The Hall–Kier alpha value is 0.223. The number of halogens is 2. The molecule has 0 aromatic heterocycles. The second-order valence-corrected chi connectivity index (χ2v) is 3.32. The van der Waals surface area contributed by atoms with E-state index >= 15 is 0 Å². The van der Waals surface area contributed by atoms with E-state index in [4.69, 9.17) is 0 Å². The van der Waals surface area contributed by atoms with Crippen LogP contribution in [0.2, 0.25) is 0 Å². The number of allylic oxidation sites excluding steroid dienone is 4. The van der Waals surface area contributed by atoms with E-state index in [1.165, 1.54) is 30.8 Å². The number of unbranched alkanes of at least 4 members (excludes halogenated alkanes) is 1. The van der Waals surface area contributed by atoms with Gasteiger partial charge in [-0.25, -0.2) is 0 Å². The first kappa shape index (κ1) is 13.2. The second-order valence-electron chi connectivity index (χ2n) is 2.97. The van der Waals surface area contributed by atoms with Gasteiger partial charge < -0.3 is 0 Å². The van der Waals surface area contributed by atoms with Crippen LogP contribution < -0.4 is 0 Å². The van der Waals surface area contributed by atoms with Crippen LogP contribution in [-0.2, 0) is 24.5 Å². The van der Waals surface area contributed by atoms with Crippen molar-refractivity contribution in [2.24, 2.45) is 0 Å². The predicted molar refractivity (Wildman–Crippen MR) is 47.9 cm³/mol. The molecule has 0 saturated carbocycles. The van der Waals surface area contributed by atoms with Gasteiger partial charge in [0.05, 0.1) is 0 Å². The van der Waals surface area contributed by atoms with Crippen molar-refractivity contribution in [3.63, 3.8) is 0 Å². The van der Waals surface area contributed by atoms with Gasteiger partial charge >= 0.3 is 29.7 Å². The molecule has 0 unspecified atom stereocenters. The third-order valence-electron chi connectivity index (χ3n) is 1.79. The van der Waals surface area contributed by atoms with E-state index in [2.05, 4.69) is 32.1 Å². The first-order chi connectivity index (χ1) is 6.24. The van der Waals surface area contributed by atoms with Crippen molar-refractivity contribution in [1.29, 1.82) is 0 Å². The van der Waals surface area contributed by atoms with Gasteiger partial charge in [0.25, 0.3) is 0 Å². The van der Waals surface area contributed by atoms with Crippen LogP contribution in [0.4, 0.5) is 5.25 Å². The van der Waals surface area contributed by atoms with E-state index in [0.29, 0.717) is 0 Å². The SMILES string of the molecule is CCCCC1=C[C](C)C=C1.[F][Zr][F]. The zero-order valence-corrected chi connectivity index (χ0v) is 10.6. The average Bonchev–Trinajstić information content (AvgIpc) is 2.49. The van der Waals surface area contributed by atoms with Gasteiger partial charge in [0, 0.05) is 5.92 Å². The van der Waals surface area contributed by atoms with E-state index in [0.717, 1.165) is 0 Å². The molecule has 0 atom stereocenters. The zero-order chi connectivity index (χ0) is 10.1. The van der Waals surface area contributed by atoms with E-state index in [-0.39, 0.29) is 0 Å². The Balaban J connectivity index is 0.000000424. The van der Waals surface area contributed by atoms with Crippen LogP contribution in [0.25, 0.3) is 0 Å². The third kappa shape index (κ3) is 7.31. The molecule has 0 aromatic rings. The summed E-state index contributed by atoms with van der Waals surface area (Å²) in [6, 6.07) is 0. The van der Waals surface area contributed by atoms with Crippen molar-refractivity contribution in [3.8, 4) is 0 Å². The molecule has 0 amide bonds. The summed E-state index contributed by atoms with van der Waals surface area (Å²) in [7, 11) is 0. The van der Waals surface area contributed by atoms with E-state index < -0.39 is 24.5 Å². The maximum absolute atomic E-state index is 9.80. The summed E-state index contributed by atoms with van der Waals surface area (Å²) < 4.78 is 19.6.